The van der Waals surface area contributed by atoms with Crippen molar-refractivity contribution >= 4 is 33.4 Å². The van der Waals surface area contributed by atoms with Gasteiger partial charge in [-0.15, -0.1) is 0 Å². The molecule has 2 aromatic carbocycles. The lowest BCUT2D eigenvalue weighted by Gasteiger charge is -2.13. The van der Waals surface area contributed by atoms with Gasteiger partial charge >= 0.3 is 0 Å². The SMILES string of the molecule is Cc1cc(Oc2cccc(Br)c2/C(N)=N/O)cc(C)c1Cl. The topological polar surface area (TPSA) is 67.8 Å². The van der Waals surface area contributed by atoms with Crippen LogP contribution in [0.25, 0.3) is 0 Å². The predicted molar refractivity (Wildman–Crippen MR) is 87.7 cm³/mol. The number of hydrogen-bond donors (Lipinski definition) is 2. The summed E-state index contributed by atoms with van der Waals surface area (Å²) >= 11 is 9.52. The number of amidine groups is 1. The molecule has 0 unspecified atom stereocenters. The Morgan fingerprint density at radius 2 is 1.90 bits per heavy atom. The van der Waals surface area contributed by atoms with Crippen LogP contribution in [0.4, 0.5) is 0 Å². The summed E-state index contributed by atoms with van der Waals surface area (Å²) in [5.74, 6) is 1.10. The van der Waals surface area contributed by atoms with Crippen molar-refractivity contribution in [2.75, 3.05) is 0 Å². The van der Waals surface area contributed by atoms with E-state index in [0.717, 1.165) is 11.1 Å². The van der Waals surface area contributed by atoms with Gasteiger partial charge in [-0.05, 0) is 65.2 Å². The third kappa shape index (κ3) is 3.31. The summed E-state index contributed by atoms with van der Waals surface area (Å²) in [6, 6.07) is 9.03. The molecule has 2 rings (SSSR count). The first-order valence-electron chi connectivity index (χ1n) is 6.15. The number of benzene rings is 2. The smallest absolute Gasteiger partial charge is 0.175 e. The second-order valence-electron chi connectivity index (χ2n) is 4.57. The molecule has 110 valence electrons. The lowest BCUT2D eigenvalue weighted by Crippen LogP contribution is -2.15. The minimum absolute atomic E-state index is 0.0279. The van der Waals surface area contributed by atoms with Crippen LogP contribution in [0.15, 0.2) is 40.0 Å². The van der Waals surface area contributed by atoms with E-state index in [0.29, 0.717) is 26.6 Å². The maximum atomic E-state index is 8.90. The summed E-state index contributed by atoms with van der Waals surface area (Å²) in [7, 11) is 0. The Balaban J connectivity index is 2.48. The Hall–Kier alpha value is -1.72. The van der Waals surface area contributed by atoms with Crippen molar-refractivity contribution in [1.82, 2.24) is 0 Å². The third-order valence-corrected chi connectivity index (χ3v) is 4.23. The highest BCUT2D eigenvalue weighted by Gasteiger charge is 2.14. The zero-order valence-corrected chi connectivity index (χ0v) is 13.9. The van der Waals surface area contributed by atoms with E-state index in [4.69, 9.17) is 27.3 Å². The predicted octanol–water partition coefficient (Wildman–Crippen LogP) is 4.61. The van der Waals surface area contributed by atoms with E-state index in [1.165, 1.54) is 0 Å². The summed E-state index contributed by atoms with van der Waals surface area (Å²) in [6.45, 7) is 3.82. The Labute approximate surface area is 136 Å². The minimum Gasteiger partial charge on any atom is -0.457 e. The van der Waals surface area contributed by atoms with Gasteiger partial charge in [0.25, 0.3) is 0 Å². The van der Waals surface area contributed by atoms with E-state index in [1.54, 1.807) is 12.1 Å². The van der Waals surface area contributed by atoms with Crippen LogP contribution in [0.5, 0.6) is 11.5 Å². The quantitative estimate of drug-likeness (QED) is 0.359. The second-order valence-corrected chi connectivity index (χ2v) is 5.80. The Kier molecular flexibility index (Phi) is 4.75. The first kappa shape index (κ1) is 15.7. The highest BCUT2D eigenvalue weighted by atomic mass is 79.9. The Morgan fingerprint density at radius 3 is 2.48 bits per heavy atom. The molecular formula is C15H14BrClN2O2. The van der Waals surface area contributed by atoms with Crippen LogP contribution in [0.2, 0.25) is 5.02 Å². The van der Waals surface area contributed by atoms with Gasteiger partial charge in [0.15, 0.2) is 5.84 Å². The Morgan fingerprint density at radius 1 is 1.29 bits per heavy atom. The maximum absolute atomic E-state index is 8.90. The number of nitrogens with zero attached hydrogens (tertiary/aromatic N) is 1. The zero-order chi connectivity index (χ0) is 15.6. The maximum Gasteiger partial charge on any atom is 0.175 e. The van der Waals surface area contributed by atoms with Crippen molar-refractivity contribution in [3.05, 3.63) is 56.5 Å². The van der Waals surface area contributed by atoms with Crippen LogP contribution in [0.3, 0.4) is 0 Å². The van der Waals surface area contributed by atoms with Crippen LogP contribution >= 0.6 is 27.5 Å². The van der Waals surface area contributed by atoms with Gasteiger partial charge in [-0.2, -0.15) is 0 Å². The van der Waals surface area contributed by atoms with E-state index in [2.05, 4.69) is 21.1 Å². The van der Waals surface area contributed by atoms with Crippen molar-refractivity contribution < 1.29 is 9.94 Å². The number of oxime groups is 1. The van der Waals surface area contributed by atoms with Gasteiger partial charge in [0.1, 0.15) is 11.5 Å². The first-order valence-corrected chi connectivity index (χ1v) is 7.32. The fourth-order valence-corrected chi connectivity index (χ4v) is 2.64. The molecule has 0 spiro atoms. The monoisotopic (exact) mass is 368 g/mol. The lowest BCUT2D eigenvalue weighted by molar-refractivity contribution is 0.318. The third-order valence-electron chi connectivity index (χ3n) is 2.98. The van der Waals surface area contributed by atoms with Gasteiger partial charge in [0.05, 0.1) is 5.56 Å². The molecule has 0 heterocycles. The van der Waals surface area contributed by atoms with Gasteiger partial charge in [-0.1, -0.05) is 22.8 Å². The molecule has 0 aliphatic carbocycles. The molecule has 0 aromatic heterocycles. The van der Waals surface area contributed by atoms with E-state index < -0.39 is 0 Å². The van der Waals surface area contributed by atoms with E-state index >= 15 is 0 Å². The number of hydrogen-bond acceptors (Lipinski definition) is 3. The zero-order valence-electron chi connectivity index (χ0n) is 11.5. The van der Waals surface area contributed by atoms with E-state index in [9.17, 15) is 0 Å². The number of rotatable bonds is 3. The first-order chi connectivity index (χ1) is 9.93. The molecule has 3 N–H and O–H groups in total. The van der Waals surface area contributed by atoms with Crippen molar-refractivity contribution in [3.63, 3.8) is 0 Å². The molecule has 6 heteroatoms. The largest absolute Gasteiger partial charge is 0.457 e. The van der Waals surface area contributed by atoms with E-state index in [1.807, 2.05) is 32.0 Å². The highest BCUT2D eigenvalue weighted by molar-refractivity contribution is 9.10. The molecule has 0 saturated carbocycles. The molecule has 0 bridgehead atoms. The minimum atomic E-state index is -0.0279. The summed E-state index contributed by atoms with van der Waals surface area (Å²) in [5.41, 5.74) is 8.04. The van der Waals surface area contributed by atoms with Crippen LogP contribution in [-0.2, 0) is 0 Å². The van der Waals surface area contributed by atoms with Gasteiger partial charge in [0.2, 0.25) is 0 Å². The van der Waals surface area contributed by atoms with Crippen LogP contribution in [-0.4, -0.2) is 11.0 Å². The molecule has 0 aliphatic heterocycles. The summed E-state index contributed by atoms with van der Waals surface area (Å²) in [5, 5.41) is 12.6. The molecule has 0 amide bonds. The van der Waals surface area contributed by atoms with Crippen LogP contribution in [0.1, 0.15) is 16.7 Å². The van der Waals surface area contributed by atoms with Crippen molar-refractivity contribution in [2.45, 2.75) is 13.8 Å². The molecule has 0 radical (unpaired) electrons. The number of ether oxygens (including phenoxy) is 1. The fourth-order valence-electron chi connectivity index (χ4n) is 1.98. The molecule has 0 aliphatic rings. The molecule has 0 fully saturated rings. The molecule has 2 aromatic rings. The standard InChI is InChI=1S/C15H14BrClN2O2/c1-8-6-10(7-9(2)14(8)17)21-12-5-3-4-11(16)13(12)15(18)19-20/h3-7,20H,1-2H3,(H2,18,19). The number of nitrogens with two attached hydrogens (primary N) is 1. The van der Waals surface area contributed by atoms with E-state index in [-0.39, 0.29) is 5.84 Å². The summed E-state index contributed by atoms with van der Waals surface area (Å²) in [6.07, 6.45) is 0. The second kappa shape index (κ2) is 6.37. The number of halogens is 2. The fraction of sp³-hybridized carbons (Fsp3) is 0.133. The summed E-state index contributed by atoms with van der Waals surface area (Å²) < 4.78 is 6.55. The molecule has 0 saturated heterocycles. The lowest BCUT2D eigenvalue weighted by atomic mass is 10.1. The molecular weight excluding hydrogens is 356 g/mol. The van der Waals surface area contributed by atoms with Gasteiger partial charge < -0.3 is 15.7 Å². The van der Waals surface area contributed by atoms with Gasteiger partial charge in [0, 0.05) is 9.50 Å². The number of aryl methyl sites for hydroxylation is 2. The molecule has 4 nitrogen and oxygen atoms in total. The summed E-state index contributed by atoms with van der Waals surface area (Å²) in [4.78, 5) is 0. The molecule has 0 atom stereocenters. The van der Waals surface area contributed by atoms with Gasteiger partial charge in [-0.3, -0.25) is 0 Å². The van der Waals surface area contributed by atoms with Crippen LogP contribution in [0, 0.1) is 13.8 Å². The van der Waals surface area contributed by atoms with Gasteiger partial charge in [-0.25, -0.2) is 0 Å². The molecule has 21 heavy (non-hydrogen) atoms. The average Bonchev–Trinajstić information content (AvgIpc) is 2.44. The van der Waals surface area contributed by atoms with Crippen molar-refractivity contribution in [2.24, 2.45) is 10.9 Å². The normalized spacial score (nSPS) is 11.5. The Bertz CT molecular complexity index is 694. The van der Waals surface area contributed by atoms with Crippen LogP contribution < -0.4 is 10.5 Å². The van der Waals surface area contributed by atoms with Crippen molar-refractivity contribution in [1.29, 1.82) is 0 Å². The van der Waals surface area contributed by atoms with Crippen molar-refractivity contribution in [3.8, 4) is 11.5 Å². The average molecular weight is 370 g/mol. The highest BCUT2D eigenvalue weighted by Crippen LogP contribution is 2.33.